The van der Waals surface area contributed by atoms with Crippen molar-refractivity contribution < 1.29 is 42.2 Å². The lowest BCUT2D eigenvalue weighted by Gasteiger charge is -2.42. The Morgan fingerprint density at radius 3 is 2.64 bits per heavy atom. The number of rotatable bonds is 8. The molecule has 246 valence electrons. The summed E-state index contributed by atoms with van der Waals surface area (Å²) in [6, 6.07) is 11.0. The predicted octanol–water partition coefficient (Wildman–Crippen LogP) is 4.46. The minimum atomic E-state index is -1.08. The van der Waals surface area contributed by atoms with E-state index in [-0.39, 0.29) is 37.0 Å². The number of carbonyl (C=O) groups is 3. The normalized spacial score (nSPS) is 21.3. The van der Waals surface area contributed by atoms with Crippen molar-refractivity contribution in [1.29, 1.82) is 0 Å². The average Bonchev–Trinajstić information content (AvgIpc) is 3.39. The van der Waals surface area contributed by atoms with Crippen LogP contribution in [0.2, 0.25) is 0 Å². The van der Waals surface area contributed by atoms with Crippen molar-refractivity contribution in [3.05, 3.63) is 99.0 Å². The number of aromatic nitrogens is 1. The molecule has 6 rings (SSSR count). The van der Waals surface area contributed by atoms with Crippen LogP contribution in [0.25, 0.3) is 0 Å². The van der Waals surface area contributed by atoms with E-state index in [2.05, 4.69) is 10.5 Å². The number of carbonyl (C=O) groups excluding carboxylic acids is 3. The Balaban J connectivity index is 1.33. The van der Waals surface area contributed by atoms with Crippen LogP contribution in [-0.2, 0) is 27.5 Å². The Morgan fingerprint density at radius 2 is 1.91 bits per heavy atom. The number of nitrogens with one attached hydrogen (secondary N) is 1. The highest BCUT2D eigenvalue weighted by Crippen LogP contribution is 2.46. The molecule has 3 aliphatic rings. The molecule has 2 amide bonds. The Labute approximate surface area is 267 Å². The maximum atomic E-state index is 14.3. The summed E-state index contributed by atoms with van der Waals surface area (Å²) in [6.45, 7) is 2.71. The van der Waals surface area contributed by atoms with Gasteiger partial charge in [-0.25, -0.2) is 13.6 Å². The molecule has 14 heteroatoms. The van der Waals surface area contributed by atoms with Crippen LogP contribution in [0.5, 0.6) is 5.75 Å². The smallest absolute Gasteiger partial charge is 0.451 e. The topological polar surface area (TPSA) is 138 Å². The largest absolute Gasteiger partial charge is 0.511 e. The standard InChI is InChI=1S/C33H32F2N4O8/c1-19-13-33(47-37-19)11-10-20(2)38-16-26(33)39-15-24(30(41)36-14-22-8-9-23(34)12-25(22)35)28(40)29(27(39)31(38)42)45-18-46-32(43)44-17-21-6-4-3-5-7-21/h3-9,12,15,20,26H,10-11,13-14,16-18H2,1-2H3,(H,36,41)/t20-,26+,33-/m0/s1. The summed E-state index contributed by atoms with van der Waals surface area (Å²) in [5.74, 6) is -3.58. The van der Waals surface area contributed by atoms with E-state index in [1.165, 1.54) is 16.8 Å². The molecule has 1 spiro atoms. The summed E-state index contributed by atoms with van der Waals surface area (Å²) >= 11 is 0. The van der Waals surface area contributed by atoms with Crippen LogP contribution in [0.15, 0.2) is 64.7 Å². The van der Waals surface area contributed by atoms with Crippen molar-refractivity contribution in [2.45, 2.75) is 63.9 Å². The number of fused-ring (bicyclic) bond motifs is 5. The zero-order chi connectivity index (χ0) is 33.3. The number of pyridine rings is 1. The van der Waals surface area contributed by atoms with Crippen LogP contribution >= 0.6 is 0 Å². The number of hydrogen-bond acceptors (Lipinski definition) is 9. The first-order chi connectivity index (χ1) is 22.6. The minimum Gasteiger partial charge on any atom is -0.451 e. The third-order valence-corrected chi connectivity index (χ3v) is 8.70. The summed E-state index contributed by atoms with van der Waals surface area (Å²) in [5.41, 5.74) is -0.926. The molecule has 1 aromatic heterocycles. The molecule has 3 aromatic rings. The van der Waals surface area contributed by atoms with Crippen LogP contribution in [0.4, 0.5) is 13.6 Å². The van der Waals surface area contributed by atoms with Crippen molar-refractivity contribution >= 4 is 23.7 Å². The zero-order valence-corrected chi connectivity index (χ0v) is 25.7. The molecule has 1 N–H and O–H groups in total. The predicted molar refractivity (Wildman–Crippen MR) is 162 cm³/mol. The maximum Gasteiger partial charge on any atom is 0.511 e. The third kappa shape index (κ3) is 6.27. The Bertz CT molecular complexity index is 1810. The van der Waals surface area contributed by atoms with Gasteiger partial charge in [0.2, 0.25) is 18.0 Å². The number of amides is 2. The monoisotopic (exact) mass is 650 g/mol. The van der Waals surface area contributed by atoms with Gasteiger partial charge in [0, 0.05) is 43.4 Å². The van der Waals surface area contributed by atoms with Crippen LogP contribution in [-0.4, -0.2) is 58.1 Å². The molecular weight excluding hydrogens is 618 g/mol. The molecule has 0 aliphatic carbocycles. The van der Waals surface area contributed by atoms with Gasteiger partial charge in [-0.2, -0.15) is 0 Å². The van der Waals surface area contributed by atoms with Gasteiger partial charge in [-0.1, -0.05) is 41.6 Å². The zero-order valence-electron chi connectivity index (χ0n) is 25.7. The molecule has 1 fully saturated rings. The second kappa shape index (κ2) is 12.9. The lowest BCUT2D eigenvalue weighted by atomic mass is 9.84. The van der Waals surface area contributed by atoms with Crippen LogP contribution in [0.1, 0.15) is 71.1 Å². The van der Waals surface area contributed by atoms with E-state index in [9.17, 15) is 28.0 Å². The van der Waals surface area contributed by atoms with E-state index in [0.29, 0.717) is 25.3 Å². The minimum absolute atomic E-state index is 0.00814. The van der Waals surface area contributed by atoms with Crippen molar-refractivity contribution in [3.63, 3.8) is 0 Å². The van der Waals surface area contributed by atoms with E-state index < -0.39 is 64.8 Å². The average molecular weight is 651 g/mol. The molecule has 3 atom stereocenters. The first kappa shape index (κ1) is 31.7. The maximum absolute atomic E-state index is 14.3. The van der Waals surface area contributed by atoms with Gasteiger partial charge >= 0.3 is 6.16 Å². The van der Waals surface area contributed by atoms with Gasteiger partial charge in [-0.15, -0.1) is 0 Å². The number of benzene rings is 2. The molecule has 0 unspecified atom stereocenters. The second-order valence-corrected chi connectivity index (χ2v) is 11.8. The van der Waals surface area contributed by atoms with Gasteiger partial charge in [0.25, 0.3) is 11.8 Å². The van der Waals surface area contributed by atoms with Gasteiger partial charge in [0.1, 0.15) is 23.8 Å². The van der Waals surface area contributed by atoms with E-state index >= 15 is 0 Å². The van der Waals surface area contributed by atoms with Gasteiger partial charge in [0.15, 0.2) is 11.3 Å². The Kier molecular flexibility index (Phi) is 8.67. The van der Waals surface area contributed by atoms with Crippen molar-refractivity contribution in [2.24, 2.45) is 5.16 Å². The number of ether oxygens (including phenoxy) is 3. The van der Waals surface area contributed by atoms with Gasteiger partial charge in [-0.3, -0.25) is 14.4 Å². The lowest BCUT2D eigenvalue weighted by Crippen LogP contribution is -2.52. The quantitative estimate of drug-likeness (QED) is 0.279. The summed E-state index contributed by atoms with van der Waals surface area (Å²) < 4.78 is 45.0. The van der Waals surface area contributed by atoms with Gasteiger partial charge in [0.05, 0.1) is 11.8 Å². The number of oxime groups is 1. The number of halogens is 2. The van der Waals surface area contributed by atoms with Gasteiger partial charge < -0.3 is 33.8 Å². The fourth-order valence-electron chi connectivity index (χ4n) is 6.24. The van der Waals surface area contributed by atoms with Crippen LogP contribution in [0, 0.1) is 11.6 Å². The molecule has 0 radical (unpaired) electrons. The number of nitrogens with zero attached hydrogens (tertiary/aromatic N) is 3. The summed E-state index contributed by atoms with van der Waals surface area (Å²) in [7, 11) is 0. The van der Waals surface area contributed by atoms with Gasteiger partial charge in [-0.05, 0) is 38.3 Å². The summed E-state index contributed by atoms with van der Waals surface area (Å²) in [5, 5.41) is 6.68. The molecule has 47 heavy (non-hydrogen) atoms. The lowest BCUT2D eigenvalue weighted by molar-refractivity contribution is -0.0658. The van der Waals surface area contributed by atoms with Crippen molar-refractivity contribution in [2.75, 3.05) is 13.3 Å². The molecule has 1 saturated heterocycles. The Morgan fingerprint density at radius 1 is 1.13 bits per heavy atom. The highest BCUT2D eigenvalue weighted by atomic mass is 19.1. The highest BCUT2D eigenvalue weighted by molar-refractivity contribution is 5.99. The van der Waals surface area contributed by atoms with Crippen LogP contribution < -0.4 is 15.5 Å². The first-order valence-electron chi connectivity index (χ1n) is 15.1. The summed E-state index contributed by atoms with van der Waals surface area (Å²) in [4.78, 5) is 61.3. The molecule has 2 bridgehead atoms. The van der Waals surface area contributed by atoms with E-state index in [4.69, 9.17) is 19.0 Å². The molecule has 4 heterocycles. The Hall–Kier alpha value is -5.27. The van der Waals surface area contributed by atoms with Crippen LogP contribution in [0.3, 0.4) is 0 Å². The van der Waals surface area contributed by atoms with Crippen molar-refractivity contribution in [1.82, 2.24) is 14.8 Å². The first-order valence-corrected chi connectivity index (χ1v) is 15.1. The fraction of sp³-hybridized carbons (Fsp3) is 0.364. The molecule has 2 aromatic carbocycles. The highest BCUT2D eigenvalue weighted by Gasteiger charge is 2.54. The SMILES string of the molecule is CC1=NO[C@@]2(CC[C@H](C)N3C[C@H]2n2cc(C(=O)NCc4ccc(F)cc4F)c(=O)c(OCOC(=O)OCc4ccccc4)c2C3=O)C1. The van der Waals surface area contributed by atoms with E-state index in [0.717, 1.165) is 17.3 Å². The molecule has 0 saturated carbocycles. The van der Waals surface area contributed by atoms with E-state index in [1.54, 1.807) is 29.2 Å². The van der Waals surface area contributed by atoms with E-state index in [1.807, 2.05) is 19.9 Å². The fourth-order valence-corrected chi connectivity index (χ4v) is 6.24. The molecule has 12 nitrogen and oxygen atoms in total. The second-order valence-electron chi connectivity index (χ2n) is 11.8. The number of hydrogen-bond donors (Lipinski definition) is 1. The van der Waals surface area contributed by atoms with Crippen molar-refractivity contribution in [3.8, 4) is 5.75 Å². The summed E-state index contributed by atoms with van der Waals surface area (Å²) in [6.07, 6.45) is 1.77. The molecule has 3 aliphatic heterocycles. The third-order valence-electron chi connectivity index (χ3n) is 8.70. The molecular formula is C33H32F2N4O8.